The van der Waals surface area contributed by atoms with Crippen molar-refractivity contribution in [3.05, 3.63) is 6.92 Å². The van der Waals surface area contributed by atoms with E-state index in [1.54, 1.807) is 0 Å². The van der Waals surface area contributed by atoms with E-state index in [4.69, 9.17) is 5.73 Å². The summed E-state index contributed by atoms with van der Waals surface area (Å²) in [4.78, 5) is 0. The van der Waals surface area contributed by atoms with Crippen molar-refractivity contribution < 1.29 is 0 Å². The highest BCUT2D eigenvalue weighted by Gasteiger charge is 2.04. The summed E-state index contributed by atoms with van der Waals surface area (Å²) in [6, 6.07) is 0. The molecule has 66 valence electrons. The lowest BCUT2D eigenvalue weighted by atomic mass is 9.94. The van der Waals surface area contributed by atoms with E-state index in [-0.39, 0.29) is 0 Å². The van der Waals surface area contributed by atoms with Crippen molar-refractivity contribution in [1.29, 1.82) is 0 Å². The maximum Gasteiger partial charge on any atom is 0.0102 e. The van der Waals surface area contributed by atoms with Crippen molar-refractivity contribution in [2.24, 2.45) is 5.92 Å². The maximum atomic E-state index is 7.13. The van der Waals surface area contributed by atoms with Crippen molar-refractivity contribution in [2.75, 3.05) is 6.54 Å². The SMILES string of the molecule is [CH2]CCC(CC[NH])CCCC. The summed E-state index contributed by atoms with van der Waals surface area (Å²) >= 11 is 0. The third-order valence-electron chi connectivity index (χ3n) is 2.13. The zero-order valence-corrected chi connectivity index (χ0v) is 7.73. The first kappa shape index (κ1) is 11.0. The predicted octanol–water partition coefficient (Wildman–Crippen LogP) is 3.08. The molecule has 0 saturated carbocycles. The molecule has 1 atom stereocenters. The summed E-state index contributed by atoms with van der Waals surface area (Å²) in [6.07, 6.45) is 7.25. The highest BCUT2D eigenvalue weighted by molar-refractivity contribution is 4.60. The van der Waals surface area contributed by atoms with Gasteiger partial charge < -0.3 is 0 Å². The average molecular weight is 155 g/mol. The van der Waals surface area contributed by atoms with Gasteiger partial charge in [-0.2, -0.15) is 0 Å². The highest BCUT2D eigenvalue weighted by Crippen LogP contribution is 2.17. The van der Waals surface area contributed by atoms with Gasteiger partial charge in [-0.3, -0.25) is 5.73 Å². The first-order valence-electron chi connectivity index (χ1n) is 4.79. The van der Waals surface area contributed by atoms with E-state index in [9.17, 15) is 0 Å². The van der Waals surface area contributed by atoms with Crippen molar-refractivity contribution >= 4 is 0 Å². The molecule has 0 heterocycles. The van der Waals surface area contributed by atoms with Gasteiger partial charge in [0.25, 0.3) is 0 Å². The molecule has 0 aromatic carbocycles. The van der Waals surface area contributed by atoms with Crippen LogP contribution >= 0.6 is 0 Å². The number of hydrogen-bond donors (Lipinski definition) is 0. The van der Waals surface area contributed by atoms with Crippen LogP contribution in [0.5, 0.6) is 0 Å². The molecule has 0 fully saturated rings. The second-order valence-electron chi connectivity index (χ2n) is 3.19. The molecule has 0 aromatic heterocycles. The Morgan fingerprint density at radius 3 is 2.45 bits per heavy atom. The van der Waals surface area contributed by atoms with Crippen LogP contribution in [0.2, 0.25) is 0 Å². The molecule has 0 aliphatic heterocycles. The van der Waals surface area contributed by atoms with E-state index in [1.807, 2.05) is 0 Å². The summed E-state index contributed by atoms with van der Waals surface area (Å²) in [5, 5.41) is 0. The van der Waals surface area contributed by atoms with Gasteiger partial charge in [0, 0.05) is 6.54 Å². The Balaban J connectivity index is 3.34. The molecular formula is C10H21N. The quantitative estimate of drug-likeness (QED) is 0.539. The van der Waals surface area contributed by atoms with Crippen LogP contribution in [-0.4, -0.2) is 6.54 Å². The second kappa shape index (κ2) is 8.06. The minimum Gasteiger partial charge on any atom is -0.258 e. The Morgan fingerprint density at radius 1 is 1.27 bits per heavy atom. The first-order valence-corrected chi connectivity index (χ1v) is 4.79. The Kier molecular flexibility index (Phi) is 8.03. The summed E-state index contributed by atoms with van der Waals surface area (Å²) < 4.78 is 0. The van der Waals surface area contributed by atoms with E-state index in [0.29, 0.717) is 6.54 Å². The lowest BCUT2D eigenvalue weighted by molar-refractivity contribution is 0.412. The normalized spacial score (nSPS) is 13.4. The molecule has 2 radical (unpaired) electrons. The van der Waals surface area contributed by atoms with Crippen LogP contribution in [0, 0.1) is 12.8 Å². The molecule has 1 heteroatoms. The second-order valence-corrected chi connectivity index (χ2v) is 3.19. The van der Waals surface area contributed by atoms with Crippen LogP contribution in [0.15, 0.2) is 0 Å². The Morgan fingerprint density at radius 2 is 2.00 bits per heavy atom. The molecule has 0 bridgehead atoms. The van der Waals surface area contributed by atoms with Gasteiger partial charge >= 0.3 is 0 Å². The molecule has 11 heavy (non-hydrogen) atoms. The van der Waals surface area contributed by atoms with E-state index < -0.39 is 0 Å². The molecule has 0 saturated heterocycles. The van der Waals surface area contributed by atoms with Crippen LogP contribution in [0.3, 0.4) is 0 Å². The standard InChI is InChI=1S/C10H21N/c1-3-5-7-10(6-4-2)8-9-11/h10-11H,2-9H2,1H3. The molecule has 0 spiro atoms. The number of nitrogens with one attached hydrogen (secondary N) is 1. The fourth-order valence-corrected chi connectivity index (χ4v) is 1.42. The van der Waals surface area contributed by atoms with Gasteiger partial charge in [0.2, 0.25) is 0 Å². The van der Waals surface area contributed by atoms with Crippen LogP contribution in [0.25, 0.3) is 0 Å². The molecule has 0 aliphatic rings. The van der Waals surface area contributed by atoms with Crippen LogP contribution < -0.4 is 5.73 Å². The molecule has 0 aromatic rings. The molecular weight excluding hydrogens is 134 g/mol. The molecule has 0 rings (SSSR count). The molecule has 0 aliphatic carbocycles. The van der Waals surface area contributed by atoms with Crippen LogP contribution in [0.4, 0.5) is 0 Å². The van der Waals surface area contributed by atoms with Gasteiger partial charge in [-0.1, -0.05) is 46.0 Å². The molecule has 1 N–H and O–H groups in total. The average Bonchev–Trinajstić information content (AvgIpc) is 2.01. The summed E-state index contributed by atoms with van der Waals surface area (Å²) in [5.74, 6) is 0.782. The molecule has 1 nitrogen and oxygen atoms in total. The monoisotopic (exact) mass is 155 g/mol. The maximum absolute atomic E-state index is 7.13. The number of rotatable bonds is 7. The van der Waals surface area contributed by atoms with E-state index in [2.05, 4.69) is 13.8 Å². The Labute approximate surface area is 71.4 Å². The van der Waals surface area contributed by atoms with Crippen molar-refractivity contribution in [3.8, 4) is 0 Å². The number of hydrogen-bond acceptors (Lipinski definition) is 0. The Hall–Kier alpha value is -0.0400. The van der Waals surface area contributed by atoms with Crippen molar-refractivity contribution in [2.45, 2.75) is 45.4 Å². The zero-order chi connectivity index (χ0) is 8.53. The lowest BCUT2D eigenvalue weighted by Crippen LogP contribution is -2.03. The third-order valence-corrected chi connectivity index (χ3v) is 2.13. The van der Waals surface area contributed by atoms with Gasteiger partial charge in [-0.05, 0) is 12.3 Å². The summed E-state index contributed by atoms with van der Waals surface area (Å²) in [6.45, 7) is 6.67. The largest absolute Gasteiger partial charge is 0.258 e. The van der Waals surface area contributed by atoms with Gasteiger partial charge in [-0.25, -0.2) is 0 Å². The lowest BCUT2D eigenvalue weighted by Gasteiger charge is -2.13. The first-order chi connectivity index (χ1) is 5.35. The summed E-state index contributed by atoms with van der Waals surface area (Å²) in [7, 11) is 0. The summed E-state index contributed by atoms with van der Waals surface area (Å²) in [5.41, 5.74) is 7.13. The molecule has 0 amide bonds. The molecule has 1 unspecified atom stereocenters. The van der Waals surface area contributed by atoms with Crippen LogP contribution in [0.1, 0.15) is 45.4 Å². The van der Waals surface area contributed by atoms with Gasteiger partial charge in [0.15, 0.2) is 0 Å². The fraction of sp³-hybridized carbons (Fsp3) is 0.900. The van der Waals surface area contributed by atoms with E-state index in [1.165, 1.54) is 25.7 Å². The highest BCUT2D eigenvalue weighted by atomic mass is 14.5. The van der Waals surface area contributed by atoms with Gasteiger partial charge in [0.1, 0.15) is 0 Å². The minimum absolute atomic E-state index is 0.592. The zero-order valence-electron chi connectivity index (χ0n) is 7.73. The van der Waals surface area contributed by atoms with Gasteiger partial charge in [-0.15, -0.1) is 0 Å². The van der Waals surface area contributed by atoms with E-state index in [0.717, 1.165) is 18.8 Å². The van der Waals surface area contributed by atoms with Gasteiger partial charge in [0.05, 0.1) is 0 Å². The third kappa shape index (κ3) is 6.36. The van der Waals surface area contributed by atoms with Crippen LogP contribution in [-0.2, 0) is 0 Å². The minimum atomic E-state index is 0.592. The van der Waals surface area contributed by atoms with Crippen molar-refractivity contribution in [3.63, 3.8) is 0 Å². The predicted molar refractivity (Wildman–Crippen MR) is 50.2 cm³/mol. The van der Waals surface area contributed by atoms with Crippen molar-refractivity contribution in [1.82, 2.24) is 5.73 Å². The number of unbranched alkanes of at least 4 members (excludes halogenated alkanes) is 1. The van der Waals surface area contributed by atoms with E-state index >= 15 is 0 Å². The fourth-order valence-electron chi connectivity index (χ4n) is 1.42. The smallest absolute Gasteiger partial charge is 0.0102 e. The topological polar surface area (TPSA) is 23.8 Å². The Bertz CT molecular complexity index is 65.3.